The Morgan fingerprint density at radius 2 is 2.20 bits per heavy atom. The SMILES string of the molecule is CCCC(C)(NCc1ccc([N+](=O)[O-])cc1Br)C(=O)O. The van der Waals surface area contributed by atoms with Gasteiger partial charge >= 0.3 is 5.97 Å². The number of halogens is 1. The van der Waals surface area contributed by atoms with Crippen molar-refractivity contribution in [2.75, 3.05) is 0 Å². The highest BCUT2D eigenvalue weighted by atomic mass is 79.9. The van der Waals surface area contributed by atoms with Crippen molar-refractivity contribution in [2.45, 2.75) is 38.8 Å². The van der Waals surface area contributed by atoms with Crippen molar-refractivity contribution in [1.82, 2.24) is 5.32 Å². The smallest absolute Gasteiger partial charge is 0.323 e. The first-order chi connectivity index (χ1) is 9.30. The van der Waals surface area contributed by atoms with E-state index in [4.69, 9.17) is 0 Å². The molecule has 2 N–H and O–H groups in total. The molecule has 0 radical (unpaired) electrons. The maximum Gasteiger partial charge on any atom is 0.323 e. The normalized spacial score (nSPS) is 13.8. The number of nitro groups is 1. The minimum absolute atomic E-state index is 0.00446. The number of benzene rings is 1. The summed E-state index contributed by atoms with van der Waals surface area (Å²) in [6.45, 7) is 3.88. The third kappa shape index (κ3) is 4.01. The van der Waals surface area contributed by atoms with Crippen LogP contribution in [-0.2, 0) is 11.3 Å². The summed E-state index contributed by atoms with van der Waals surface area (Å²) in [5.74, 6) is -0.905. The molecular weight excluding hydrogens is 328 g/mol. The van der Waals surface area contributed by atoms with Crippen LogP contribution >= 0.6 is 15.9 Å². The molecule has 0 aromatic heterocycles. The van der Waals surface area contributed by atoms with E-state index in [1.807, 2.05) is 6.92 Å². The van der Waals surface area contributed by atoms with Gasteiger partial charge in [0.2, 0.25) is 0 Å². The number of non-ortho nitro benzene ring substituents is 1. The lowest BCUT2D eigenvalue weighted by Crippen LogP contribution is -2.48. The van der Waals surface area contributed by atoms with Crippen LogP contribution in [0.3, 0.4) is 0 Å². The predicted octanol–water partition coefficient (Wildman–Crippen LogP) is 3.09. The van der Waals surface area contributed by atoms with E-state index in [2.05, 4.69) is 21.2 Å². The van der Waals surface area contributed by atoms with Crippen molar-refractivity contribution in [2.24, 2.45) is 0 Å². The van der Waals surface area contributed by atoms with Crippen molar-refractivity contribution in [3.8, 4) is 0 Å². The summed E-state index contributed by atoms with van der Waals surface area (Å²) in [6.07, 6.45) is 1.25. The monoisotopic (exact) mass is 344 g/mol. The number of hydrogen-bond acceptors (Lipinski definition) is 4. The third-order valence-electron chi connectivity index (χ3n) is 3.14. The molecule has 7 heteroatoms. The molecular formula is C13H17BrN2O4. The first kappa shape index (κ1) is 16.6. The summed E-state index contributed by atoms with van der Waals surface area (Å²) in [5, 5.41) is 22.9. The summed E-state index contributed by atoms with van der Waals surface area (Å²) < 4.78 is 0.587. The van der Waals surface area contributed by atoms with E-state index in [-0.39, 0.29) is 5.69 Å². The van der Waals surface area contributed by atoms with Gasteiger partial charge in [-0.1, -0.05) is 29.3 Å². The Labute approximate surface area is 125 Å². The Hall–Kier alpha value is -1.47. The lowest BCUT2D eigenvalue weighted by Gasteiger charge is -2.26. The molecule has 1 unspecified atom stereocenters. The first-order valence-electron chi connectivity index (χ1n) is 6.21. The van der Waals surface area contributed by atoms with Crippen molar-refractivity contribution in [3.63, 3.8) is 0 Å². The minimum atomic E-state index is -1.00. The second kappa shape index (κ2) is 6.81. The fourth-order valence-corrected chi connectivity index (χ4v) is 2.36. The molecule has 0 fully saturated rings. The number of carboxylic acids is 1. The van der Waals surface area contributed by atoms with E-state index in [9.17, 15) is 20.0 Å². The fraction of sp³-hybridized carbons (Fsp3) is 0.462. The maximum absolute atomic E-state index is 11.3. The summed E-state index contributed by atoms with van der Waals surface area (Å²) in [4.78, 5) is 21.5. The highest BCUT2D eigenvalue weighted by Crippen LogP contribution is 2.24. The molecule has 0 bridgehead atoms. The Morgan fingerprint density at radius 3 is 2.65 bits per heavy atom. The second-order valence-corrected chi connectivity index (χ2v) is 5.63. The number of aliphatic carboxylic acids is 1. The second-order valence-electron chi connectivity index (χ2n) is 4.77. The molecule has 0 saturated heterocycles. The largest absolute Gasteiger partial charge is 0.480 e. The lowest BCUT2D eigenvalue weighted by atomic mass is 9.96. The van der Waals surface area contributed by atoms with Crippen LogP contribution in [0.15, 0.2) is 22.7 Å². The zero-order chi connectivity index (χ0) is 15.3. The molecule has 1 atom stereocenters. The number of nitro benzene ring substituents is 1. The van der Waals surface area contributed by atoms with Crippen molar-refractivity contribution >= 4 is 27.6 Å². The van der Waals surface area contributed by atoms with Crippen LogP contribution in [0.2, 0.25) is 0 Å². The van der Waals surface area contributed by atoms with Crippen molar-refractivity contribution < 1.29 is 14.8 Å². The number of nitrogens with zero attached hydrogens (tertiary/aromatic N) is 1. The van der Waals surface area contributed by atoms with Gasteiger partial charge in [0.15, 0.2) is 0 Å². The van der Waals surface area contributed by atoms with Gasteiger partial charge in [-0.15, -0.1) is 0 Å². The van der Waals surface area contributed by atoms with Gasteiger partial charge in [-0.25, -0.2) is 0 Å². The molecule has 0 aliphatic rings. The highest BCUT2D eigenvalue weighted by Gasteiger charge is 2.31. The van der Waals surface area contributed by atoms with E-state index >= 15 is 0 Å². The van der Waals surface area contributed by atoms with Crippen molar-refractivity contribution in [3.05, 3.63) is 38.3 Å². The summed E-state index contributed by atoms with van der Waals surface area (Å²) in [7, 11) is 0. The summed E-state index contributed by atoms with van der Waals surface area (Å²) in [6, 6.07) is 4.43. The lowest BCUT2D eigenvalue weighted by molar-refractivity contribution is -0.384. The highest BCUT2D eigenvalue weighted by molar-refractivity contribution is 9.10. The Kier molecular flexibility index (Phi) is 5.64. The van der Waals surface area contributed by atoms with Crippen molar-refractivity contribution in [1.29, 1.82) is 0 Å². The average Bonchev–Trinajstić information content (AvgIpc) is 2.37. The van der Waals surface area contributed by atoms with Crippen LogP contribution < -0.4 is 5.32 Å². The van der Waals surface area contributed by atoms with Crippen LogP contribution in [0, 0.1) is 10.1 Å². The molecule has 0 amide bonds. The van der Waals surface area contributed by atoms with Gasteiger partial charge in [0.05, 0.1) is 4.92 Å². The molecule has 1 rings (SSSR count). The molecule has 0 saturated carbocycles. The van der Waals surface area contributed by atoms with Gasteiger partial charge in [-0.05, 0) is 25.0 Å². The Bertz CT molecular complexity index is 521. The van der Waals surface area contributed by atoms with E-state index in [1.54, 1.807) is 13.0 Å². The standard InChI is InChI=1S/C13H17BrN2O4/c1-3-6-13(2,12(17)18)15-8-9-4-5-10(16(19)20)7-11(9)14/h4-5,7,15H,3,6,8H2,1-2H3,(H,17,18). The summed E-state index contributed by atoms with van der Waals surface area (Å²) >= 11 is 3.27. The first-order valence-corrected chi connectivity index (χ1v) is 7.00. The molecule has 0 aliphatic carbocycles. The van der Waals surface area contributed by atoms with E-state index < -0.39 is 16.4 Å². The molecule has 0 heterocycles. The van der Waals surface area contributed by atoms with Gasteiger partial charge < -0.3 is 5.11 Å². The fourth-order valence-electron chi connectivity index (χ4n) is 1.85. The summed E-state index contributed by atoms with van der Waals surface area (Å²) in [5.41, 5.74) is -0.231. The maximum atomic E-state index is 11.3. The zero-order valence-electron chi connectivity index (χ0n) is 11.4. The molecule has 110 valence electrons. The van der Waals surface area contributed by atoms with Gasteiger partial charge in [0, 0.05) is 23.2 Å². The zero-order valence-corrected chi connectivity index (χ0v) is 12.9. The van der Waals surface area contributed by atoms with Gasteiger partial charge in [-0.3, -0.25) is 20.2 Å². The molecule has 0 aliphatic heterocycles. The topological polar surface area (TPSA) is 92.5 Å². The molecule has 6 nitrogen and oxygen atoms in total. The van der Waals surface area contributed by atoms with E-state index in [0.29, 0.717) is 17.4 Å². The van der Waals surface area contributed by atoms with Gasteiger partial charge in [-0.2, -0.15) is 0 Å². The van der Waals surface area contributed by atoms with Crippen LogP contribution in [0.5, 0.6) is 0 Å². The Balaban J connectivity index is 2.84. The van der Waals surface area contributed by atoms with Gasteiger partial charge in [0.1, 0.15) is 5.54 Å². The Morgan fingerprint density at radius 1 is 1.55 bits per heavy atom. The molecule has 1 aromatic carbocycles. The number of carbonyl (C=O) groups is 1. The number of hydrogen-bond donors (Lipinski definition) is 2. The van der Waals surface area contributed by atoms with Gasteiger partial charge in [0.25, 0.3) is 5.69 Å². The van der Waals surface area contributed by atoms with E-state index in [1.165, 1.54) is 12.1 Å². The molecule has 1 aromatic rings. The quantitative estimate of drug-likeness (QED) is 0.585. The van der Waals surface area contributed by atoms with Crippen LogP contribution in [-0.4, -0.2) is 21.5 Å². The average molecular weight is 345 g/mol. The number of nitrogens with one attached hydrogen (secondary N) is 1. The van der Waals surface area contributed by atoms with Crippen LogP contribution in [0.1, 0.15) is 32.3 Å². The number of rotatable bonds is 7. The minimum Gasteiger partial charge on any atom is -0.480 e. The third-order valence-corrected chi connectivity index (χ3v) is 3.88. The predicted molar refractivity (Wildman–Crippen MR) is 78.6 cm³/mol. The molecule has 0 spiro atoms. The van der Waals surface area contributed by atoms with Crippen LogP contribution in [0.25, 0.3) is 0 Å². The van der Waals surface area contributed by atoms with Crippen LogP contribution in [0.4, 0.5) is 5.69 Å². The number of carboxylic acid groups (broad SMARTS) is 1. The molecule has 20 heavy (non-hydrogen) atoms. The van der Waals surface area contributed by atoms with E-state index in [0.717, 1.165) is 12.0 Å².